The molecule has 2 aliphatic carbocycles. The van der Waals surface area contributed by atoms with Gasteiger partial charge < -0.3 is 23.0 Å². The summed E-state index contributed by atoms with van der Waals surface area (Å²) in [6.07, 6.45) is 11.3. The number of rotatable bonds is 5. The van der Waals surface area contributed by atoms with Crippen LogP contribution in [0.4, 0.5) is 0 Å². The maximum atomic E-state index is 6.55. The Hall–Kier alpha value is -3.82. The topological polar surface area (TPSA) is 88.7 Å². The predicted octanol–water partition coefficient (Wildman–Crippen LogP) is 6.91. The molecule has 8 nitrogen and oxygen atoms in total. The van der Waals surface area contributed by atoms with Crippen molar-refractivity contribution in [2.75, 3.05) is 0 Å². The molecule has 250 valence electrons. The van der Waals surface area contributed by atoms with Crippen LogP contribution in [-0.2, 0) is 25.0 Å². The summed E-state index contributed by atoms with van der Waals surface area (Å²) >= 11 is 0. The smallest absolute Gasteiger partial charge is 0.461 e. The van der Waals surface area contributed by atoms with E-state index in [9.17, 15) is 0 Å². The Balaban J connectivity index is 1.30. The molecule has 1 atom stereocenters. The zero-order chi connectivity index (χ0) is 34.3. The van der Waals surface area contributed by atoms with Gasteiger partial charge in [0.25, 0.3) is 0 Å². The minimum Gasteiger partial charge on any atom is -0.461 e. The van der Waals surface area contributed by atoms with Crippen molar-refractivity contribution in [2.24, 2.45) is 0 Å². The van der Waals surface area contributed by atoms with Gasteiger partial charge in [-0.2, -0.15) is 0 Å². The Labute approximate surface area is 289 Å². The minimum atomic E-state index is -0.601. The molecule has 0 radical (unpaired) electrons. The van der Waals surface area contributed by atoms with Crippen LogP contribution in [0.3, 0.4) is 0 Å². The van der Waals surface area contributed by atoms with Gasteiger partial charge in [0, 0.05) is 28.7 Å². The highest BCUT2D eigenvalue weighted by atomic mass is 16.7. The first kappa shape index (κ1) is 32.4. The number of fused-ring (bicyclic) bond motifs is 3. The van der Waals surface area contributed by atoms with E-state index < -0.39 is 36.6 Å². The van der Waals surface area contributed by atoms with Crippen molar-refractivity contribution in [3.63, 3.8) is 0 Å². The quantitative estimate of drug-likeness (QED) is 0.215. The average molecular weight is 655 g/mol. The van der Waals surface area contributed by atoms with E-state index in [-0.39, 0.29) is 5.92 Å². The minimum absolute atomic E-state index is 0.0895. The molecule has 10 heteroatoms. The number of nitrogens with zero attached hydrogens (tertiary/aromatic N) is 3. The third kappa shape index (κ3) is 5.53. The number of aryl methyl sites for hydroxylation is 1. The molecule has 2 fully saturated rings. The Morgan fingerprint density at radius 2 is 1.22 bits per heavy atom. The van der Waals surface area contributed by atoms with Crippen molar-refractivity contribution in [3.8, 4) is 22.8 Å². The van der Waals surface area contributed by atoms with Crippen molar-refractivity contribution >= 4 is 37.3 Å². The summed E-state index contributed by atoms with van der Waals surface area (Å²) in [7, 11) is -1.20. The maximum Gasteiger partial charge on any atom is 0.494 e. The lowest BCUT2D eigenvalue weighted by molar-refractivity contribution is 0.00578. The fraction of sp³-hybridized carbons (Fsp3) is 0.410. The number of furan rings is 1. The lowest BCUT2D eigenvalue weighted by atomic mass is 9.71. The summed E-state index contributed by atoms with van der Waals surface area (Å²) in [6.45, 7) is 16.5. The van der Waals surface area contributed by atoms with E-state index in [0.717, 1.165) is 64.0 Å². The van der Waals surface area contributed by atoms with Crippen LogP contribution in [0.2, 0.25) is 0 Å². The van der Waals surface area contributed by atoms with Gasteiger partial charge in [0.1, 0.15) is 17.3 Å². The molecule has 2 saturated heterocycles. The monoisotopic (exact) mass is 655 g/mol. The highest BCUT2D eigenvalue weighted by Gasteiger charge is 2.54. The van der Waals surface area contributed by atoms with E-state index in [1.54, 1.807) is 0 Å². The first-order valence-electron chi connectivity index (χ1n) is 17.4. The number of hydrogen-bond donors (Lipinski definition) is 0. The maximum absolute atomic E-state index is 6.55. The Morgan fingerprint density at radius 1 is 0.653 bits per heavy atom. The van der Waals surface area contributed by atoms with Crippen LogP contribution in [-0.4, -0.2) is 51.6 Å². The van der Waals surface area contributed by atoms with Gasteiger partial charge in [0.2, 0.25) is 0 Å². The molecule has 4 heterocycles. The molecule has 0 N–H and O–H groups in total. The first-order valence-corrected chi connectivity index (χ1v) is 17.4. The summed E-state index contributed by atoms with van der Waals surface area (Å²) in [6, 6.07) is 16.3. The van der Waals surface area contributed by atoms with Gasteiger partial charge in [-0.05, 0) is 85.2 Å². The van der Waals surface area contributed by atoms with Crippen LogP contribution in [0, 0.1) is 0 Å². The summed E-state index contributed by atoms with van der Waals surface area (Å²) in [5.41, 5.74) is 3.68. The van der Waals surface area contributed by atoms with E-state index >= 15 is 0 Å². The molecule has 2 aromatic carbocycles. The van der Waals surface area contributed by atoms with Gasteiger partial charge in [0.05, 0.1) is 28.3 Å². The summed E-state index contributed by atoms with van der Waals surface area (Å²) in [4.78, 5) is 15.5. The first-order chi connectivity index (χ1) is 23.2. The summed E-state index contributed by atoms with van der Waals surface area (Å²) < 4.78 is 32.6. The van der Waals surface area contributed by atoms with Crippen molar-refractivity contribution in [1.29, 1.82) is 0 Å². The third-order valence-corrected chi connectivity index (χ3v) is 11.2. The zero-order valence-corrected chi connectivity index (χ0v) is 29.7. The van der Waals surface area contributed by atoms with E-state index in [1.165, 1.54) is 0 Å². The van der Waals surface area contributed by atoms with Gasteiger partial charge >= 0.3 is 14.2 Å². The van der Waals surface area contributed by atoms with Crippen LogP contribution >= 0.6 is 0 Å². The lowest BCUT2D eigenvalue weighted by Crippen LogP contribution is -2.41. The van der Waals surface area contributed by atoms with Crippen LogP contribution in [0.5, 0.6) is 0 Å². The van der Waals surface area contributed by atoms with E-state index in [1.807, 2.05) is 30.3 Å². The number of allylic oxidation sites excluding steroid dienone is 2. The zero-order valence-electron chi connectivity index (χ0n) is 29.7. The second-order valence-electron chi connectivity index (χ2n) is 15.6. The normalized spacial score (nSPS) is 22.7. The predicted molar refractivity (Wildman–Crippen MR) is 194 cm³/mol. The highest BCUT2D eigenvalue weighted by Crippen LogP contribution is 2.43. The second kappa shape index (κ2) is 11.4. The molecule has 0 bridgehead atoms. The number of hydrogen-bond acceptors (Lipinski definition) is 8. The Bertz CT molecular complexity index is 1910. The van der Waals surface area contributed by atoms with E-state index in [0.29, 0.717) is 17.5 Å². The van der Waals surface area contributed by atoms with Crippen molar-refractivity contribution < 1.29 is 23.0 Å². The Morgan fingerprint density at radius 3 is 1.82 bits per heavy atom. The van der Waals surface area contributed by atoms with Crippen LogP contribution in [0.15, 0.2) is 65.1 Å². The molecular weight excluding hydrogens is 612 g/mol. The van der Waals surface area contributed by atoms with Gasteiger partial charge in [-0.25, -0.2) is 15.0 Å². The second-order valence-corrected chi connectivity index (χ2v) is 15.6. The van der Waals surface area contributed by atoms with Crippen LogP contribution < -0.4 is 10.9 Å². The SMILES string of the molecule is CC1(C)OB(c2cc(B3OC(C)(C)C(C)(C)O3)cc(-c3nc(-c4ccccc4)nc(C4CC=Cc5oc6c(c54)C=CCC6)n3)c2)OC1(C)C. The van der Waals surface area contributed by atoms with Gasteiger partial charge in [-0.3, -0.25) is 0 Å². The molecule has 0 saturated carbocycles. The third-order valence-electron chi connectivity index (χ3n) is 11.2. The molecule has 8 rings (SSSR count). The van der Waals surface area contributed by atoms with E-state index in [2.05, 4.69) is 97.9 Å². The number of aromatic nitrogens is 3. The molecular formula is C39H43B2N3O5. The lowest BCUT2D eigenvalue weighted by Gasteiger charge is -2.32. The molecule has 0 amide bonds. The standard InChI is InChI=1S/C39H43B2N3O5/c1-36(2)37(3,4)47-40(46-36)26-21-25(22-27(23-26)41-48-38(5,6)39(7,8)49-41)34-42-33(24-15-10-9-11-16-24)43-35(44-34)29-18-14-20-31-32(29)28-17-12-13-19-30(28)45-31/h9-12,14-17,20-23,29H,13,18-19H2,1-8H3. The largest absolute Gasteiger partial charge is 0.494 e. The van der Waals surface area contributed by atoms with Crippen molar-refractivity contribution in [2.45, 2.75) is 103 Å². The molecule has 2 aromatic heterocycles. The highest BCUT2D eigenvalue weighted by molar-refractivity contribution is 6.66. The Kier molecular flexibility index (Phi) is 7.50. The summed E-state index contributed by atoms with van der Waals surface area (Å²) in [5.74, 6) is 3.71. The van der Waals surface area contributed by atoms with Crippen LogP contribution in [0.25, 0.3) is 34.9 Å². The van der Waals surface area contributed by atoms with Crippen molar-refractivity contribution in [3.05, 3.63) is 89.2 Å². The molecule has 0 spiro atoms. The average Bonchev–Trinajstić information content (AvgIpc) is 3.64. The van der Waals surface area contributed by atoms with Crippen LogP contribution in [0.1, 0.15) is 103 Å². The summed E-state index contributed by atoms with van der Waals surface area (Å²) in [5, 5.41) is 0. The fourth-order valence-corrected chi connectivity index (χ4v) is 6.89. The van der Waals surface area contributed by atoms with Gasteiger partial charge in [-0.15, -0.1) is 0 Å². The van der Waals surface area contributed by atoms with E-state index in [4.69, 9.17) is 38.0 Å². The fourth-order valence-electron chi connectivity index (χ4n) is 6.89. The van der Waals surface area contributed by atoms with Gasteiger partial charge in [0.15, 0.2) is 11.6 Å². The van der Waals surface area contributed by atoms with Gasteiger partial charge in [-0.1, -0.05) is 66.8 Å². The van der Waals surface area contributed by atoms with Crippen molar-refractivity contribution in [1.82, 2.24) is 15.0 Å². The molecule has 1 unspecified atom stereocenters. The number of benzene rings is 2. The molecule has 2 aliphatic heterocycles. The molecule has 49 heavy (non-hydrogen) atoms. The molecule has 4 aliphatic rings. The molecule has 4 aromatic rings.